The Morgan fingerprint density at radius 1 is 1.39 bits per heavy atom. The Bertz CT molecular complexity index is 545. The molecule has 3 nitrogen and oxygen atoms in total. The molecule has 2 atom stereocenters. The zero-order valence-corrected chi connectivity index (χ0v) is 10.8. The molecule has 2 unspecified atom stereocenters. The summed E-state index contributed by atoms with van der Waals surface area (Å²) in [5.41, 5.74) is 0.222. The molecule has 1 N–H and O–H groups in total. The molecular formula is C12H15F2NO2S. The maximum atomic E-state index is 13.5. The number of hydrogen-bond donors (Lipinski definition) is 1. The van der Waals surface area contributed by atoms with Gasteiger partial charge in [-0.2, -0.15) is 0 Å². The normalized spacial score (nSPS) is 24.1. The van der Waals surface area contributed by atoms with Gasteiger partial charge in [-0.15, -0.1) is 0 Å². The summed E-state index contributed by atoms with van der Waals surface area (Å²) >= 11 is 0. The van der Waals surface area contributed by atoms with E-state index in [-0.39, 0.29) is 23.1 Å². The van der Waals surface area contributed by atoms with E-state index in [1.165, 1.54) is 0 Å². The molecule has 1 heterocycles. The van der Waals surface area contributed by atoms with Crippen LogP contribution in [0.25, 0.3) is 0 Å². The summed E-state index contributed by atoms with van der Waals surface area (Å²) in [7, 11) is -2.97. The van der Waals surface area contributed by atoms with E-state index in [9.17, 15) is 17.2 Å². The highest BCUT2D eigenvalue weighted by molar-refractivity contribution is 7.91. The Labute approximate surface area is 105 Å². The lowest BCUT2D eigenvalue weighted by atomic mass is 10.1. The second-order valence-corrected chi connectivity index (χ2v) is 6.88. The third-order valence-corrected chi connectivity index (χ3v) is 4.91. The molecule has 1 saturated heterocycles. The van der Waals surface area contributed by atoms with Gasteiger partial charge in [0.25, 0.3) is 0 Å². The van der Waals surface area contributed by atoms with E-state index in [4.69, 9.17) is 0 Å². The minimum atomic E-state index is -2.97. The zero-order valence-electron chi connectivity index (χ0n) is 9.99. The minimum Gasteiger partial charge on any atom is -0.306 e. The van der Waals surface area contributed by atoms with E-state index >= 15 is 0 Å². The average Bonchev–Trinajstić information content (AvgIpc) is 2.61. The number of halogens is 2. The van der Waals surface area contributed by atoms with Crippen LogP contribution in [-0.4, -0.2) is 26.0 Å². The first kappa shape index (κ1) is 13.4. The van der Waals surface area contributed by atoms with E-state index in [0.717, 1.165) is 18.2 Å². The molecule has 0 aliphatic carbocycles. The first-order valence-electron chi connectivity index (χ1n) is 5.79. The van der Waals surface area contributed by atoms with Crippen molar-refractivity contribution in [2.45, 2.75) is 25.4 Å². The second kappa shape index (κ2) is 4.93. The number of hydrogen-bond acceptors (Lipinski definition) is 3. The third kappa shape index (κ3) is 3.05. The summed E-state index contributed by atoms with van der Waals surface area (Å²) in [6, 6.07) is 2.67. The molecule has 0 bridgehead atoms. The van der Waals surface area contributed by atoms with Crippen molar-refractivity contribution in [3.05, 3.63) is 35.4 Å². The number of sulfone groups is 1. The second-order valence-electron chi connectivity index (χ2n) is 4.65. The van der Waals surface area contributed by atoms with Gasteiger partial charge in [0.15, 0.2) is 9.84 Å². The van der Waals surface area contributed by atoms with Gasteiger partial charge in [-0.25, -0.2) is 17.2 Å². The maximum absolute atomic E-state index is 13.5. The molecule has 1 aromatic carbocycles. The van der Waals surface area contributed by atoms with Crippen LogP contribution in [0.15, 0.2) is 18.2 Å². The first-order chi connectivity index (χ1) is 8.37. The number of rotatable bonds is 3. The molecule has 0 spiro atoms. The van der Waals surface area contributed by atoms with Crippen molar-refractivity contribution in [3.8, 4) is 0 Å². The van der Waals surface area contributed by atoms with Crippen LogP contribution in [0.3, 0.4) is 0 Å². The van der Waals surface area contributed by atoms with E-state index in [2.05, 4.69) is 5.32 Å². The van der Waals surface area contributed by atoms with Crippen LogP contribution in [0.2, 0.25) is 0 Å². The van der Waals surface area contributed by atoms with Crippen LogP contribution in [0.4, 0.5) is 8.78 Å². The predicted octanol–water partition coefficient (Wildman–Crippen LogP) is 1.80. The Hall–Kier alpha value is -1.01. The molecule has 1 aromatic rings. The minimum absolute atomic E-state index is 0.0638. The number of nitrogens with one attached hydrogen (secondary N) is 1. The van der Waals surface area contributed by atoms with Crippen molar-refractivity contribution in [2.24, 2.45) is 0 Å². The summed E-state index contributed by atoms with van der Waals surface area (Å²) in [5, 5.41) is 3.03. The lowest BCUT2D eigenvalue weighted by Crippen LogP contribution is -2.32. The molecule has 0 saturated carbocycles. The van der Waals surface area contributed by atoms with Gasteiger partial charge in [0, 0.05) is 17.6 Å². The highest BCUT2D eigenvalue weighted by atomic mass is 32.2. The largest absolute Gasteiger partial charge is 0.306 e. The van der Waals surface area contributed by atoms with Crippen molar-refractivity contribution in [3.63, 3.8) is 0 Å². The van der Waals surface area contributed by atoms with Crippen molar-refractivity contribution >= 4 is 9.84 Å². The highest BCUT2D eigenvalue weighted by Gasteiger charge is 2.29. The van der Waals surface area contributed by atoms with Crippen LogP contribution in [0.5, 0.6) is 0 Å². The number of benzene rings is 1. The van der Waals surface area contributed by atoms with Crippen molar-refractivity contribution in [1.29, 1.82) is 0 Å². The Morgan fingerprint density at radius 3 is 2.72 bits per heavy atom. The smallest absolute Gasteiger partial charge is 0.151 e. The Balaban J connectivity index is 2.08. The summed E-state index contributed by atoms with van der Waals surface area (Å²) in [6.07, 6.45) is 0.517. The lowest BCUT2D eigenvalue weighted by molar-refractivity contribution is 0.463. The van der Waals surface area contributed by atoms with Crippen LogP contribution < -0.4 is 5.32 Å². The molecular weight excluding hydrogens is 260 g/mol. The van der Waals surface area contributed by atoms with Crippen LogP contribution >= 0.6 is 0 Å². The third-order valence-electron chi connectivity index (χ3n) is 3.14. The fourth-order valence-electron chi connectivity index (χ4n) is 2.22. The van der Waals surface area contributed by atoms with E-state index < -0.39 is 27.5 Å². The average molecular weight is 275 g/mol. The molecule has 2 rings (SSSR count). The molecule has 6 heteroatoms. The standard InChI is InChI=1S/C12H15F2NO2S/c1-8(11-6-9(13)2-3-12(11)14)15-10-4-5-18(16,17)7-10/h2-3,6,8,10,15H,4-5,7H2,1H3. The van der Waals surface area contributed by atoms with Crippen LogP contribution in [-0.2, 0) is 9.84 Å². The van der Waals surface area contributed by atoms with Crippen LogP contribution in [0, 0.1) is 11.6 Å². The Morgan fingerprint density at radius 2 is 2.11 bits per heavy atom. The van der Waals surface area contributed by atoms with Gasteiger partial charge in [0.05, 0.1) is 11.5 Å². The topological polar surface area (TPSA) is 46.2 Å². The summed E-state index contributed by atoms with van der Waals surface area (Å²) in [5.74, 6) is -0.770. The van der Waals surface area contributed by atoms with Gasteiger partial charge in [-0.1, -0.05) is 0 Å². The molecule has 0 radical (unpaired) electrons. The van der Waals surface area contributed by atoms with Gasteiger partial charge in [-0.05, 0) is 31.5 Å². The predicted molar refractivity (Wildman–Crippen MR) is 65.0 cm³/mol. The maximum Gasteiger partial charge on any atom is 0.151 e. The van der Waals surface area contributed by atoms with Crippen molar-refractivity contribution < 1.29 is 17.2 Å². The summed E-state index contributed by atoms with van der Waals surface area (Å²) in [6.45, 7) is 1.70. The lowest BCUT2D eigenvalue weighted by Gasteiger charge is -2.19. The van der Waals surface area contributed by atoms with E-state index in [1.807, 2.05) is 0 Å². The van der Waals surface area contributed by atoms with Gasteiger partial charge < -0.3 is 5.32 Å². The highest BCUT2D eigenvalue weighted by Crippen LogP contribution is 2.21. The van der Waals surface area contributed by atoms with Crippen molar-refractivity contribution in [1.82, 2.24) is 5.32 Å². The van der Waals surface area contributed by atoms with Crippen LogP contribution in [0.1, 0.15) is 24.9 Å². The Kier molecular flexibility index (Phi) is 3.68. The molecule has 18 heavy (non-hydrogen) atoms. The fraction of sp³-hybridized carbons (Fsp3) is 0.500. The molecule has 0 aromatic heterocycles. The zero-order chi connectivity index (χ0) is 13.3. The van der Waals surface area contributed by atoms with Gasteiger partial charge >= 0.3 is 0 Å². The fourth-order valence-corrected chi connectivity index (χ4v) is 3.90. The van der Waals surface area contributed by atoms with Gasteiger partial charge in [-0.3, -0.25) is 0 Å². The molecule has 1 fully saturated rings. The van der Waals surface area contributed by atoms with E-state index in [0.29, 0.717) is 6.42 Å². The van der Waals surface area contributed by atoms with Crippen molar-refractivity contribution in [2.75, 3.05) is 11.5 Å². The van der Waals surface area contributed by atoms with Gasteiger partial charge in [0.1, 0.15) is 11.6 Å². The molecule has 1 aliphatic heterocycles. The monoisotopic (exact) mass is 275 g/mol. The first-order valence-corrected chi connectivity index (χ1v) is 7.61. The van der Waals surface area contributed by atoms with Gasteiger partial charge in [0.2, 0.25) is 0 Å². The van der Waals surface area contributed by atoms with E-state index in [1.54, 1.807) is 6.92 Å². The molecule has 1 aliphatic rings. The molecule has 0 amide bonds. The summed E-state index contributed by atoms with van der Waals surface area (Å²) in [4.78, 5) is 0. The summed E-state index contributed by atoms with van der Waals surface area (Å²) < 4.78 is 49.2. The SMILES string of the molecule is CC(NC1CCS(=O)(=O)C1)c1cc(F)ccc1F. The quantitative estimate of drug-likeness (QED) is 0.915. The molecule has 100 valence electrons.